The average molecular weight is 327 g/mol. The molecule has 0 bridgehead atoms. The van der Waals surface area contributed by atoms with Gasteiger partial charge in [0.05, 0.1) is 19.3 Å². The summed E-state index contributed by atoms with van der Waals surface area (Å²) in [5.74, 6) is 0. The molecule has 1 saturated heterocycles. The maximum atomic E-state index is 12.2. The van der Waals surface area contributed by atoms with Gasteiger partial charge < -0.3 is 20.1 Å². The minimum Gasteiger partial charge on any atom is -0.394 e. The van der Waals surface area contributed by atoms with Crippen LogP contribution in [-0.2, 0) is 11.2 Å². The standard InChI is InChI=1S/C16H23ClN2O3/c17-14-4-1-3-13(11-14)6-7-18-16(21)19-8-2-5-15(12-19)22-10-9-20/h1,3-4,11,15,20H,2,5-10,12H2,(H,18,21). The normalized spacial score (nSPS) is 18.3. The van der Waals surface area contributed by atoms with Crippen LogP contribution in [0.1, 0.15) is 18.4 Å². The summed E-state index contributed by atoms with van der Waals surface area (Å²) in [5, 5.41) is 12.4. The molecule has 5 nitrogen and oxygen atoms in total. The number of hydrogen-bond donors (Lipinski definition) is 2. The smallest absolute Gasteiger partial charge is 0.317 e. The third-order valence-electron chi connectivity index (χ3n) is 3.69. The van der Waals surface area contributed by atoms with Crippen LogP contribution in [0.2, 0.25) is 5.02 Å². The highest BCUT2D eigenvalue weighted by molar-refractivity contribution is 6.30. The minimum atomic E-state index is -0.0562. The summed E-state index contributed by atoms with van der Waals surface area (Å²) in [6.07, 6.45) is 2.65. The first-order valence-electron chi connectivity index (χ1n) is 7.68. The summed E-state index contributed by atoms with van der Waals surface area (Å²) >= 11 is 5.94. The van der Waals surface area contributed by atoms with E-state index in [0.29, 0.717) is 24.7 Å². The van der Waals surface area contributed by atoms with Crippen LogP contribution in [0.4, 0.5) is 4.79 Å². The maximum absolute atomic E-state index is 12.2. The van der Waals surface area contributed by atoms with Crippen LogP contribution in [0.25, 0.3) is 0 Å². The molecule has 1 heterocycles. The van der Waals surface area contributed by atoms with Crippen LogP contribution in [0.3, 0.4) is 0 Å². The SMILES string of the molecule is O=C(NCCc1cccc(Cl)c1)N1CCCC(OCCO)C1. The van der Waals surface area contributed by atoms with Gasteiger partial charge in [-0.1, -0.05) is 23.7 Å². The fourth-order valence-corrected chi connectivity index (χ4v) is 2.81. The molecule has 0 aliphatic carbocycles. The summed E-state index contributed by atoms with van der Waals surface area (Å²) in [4.78, 5) is 13.9. The summed E-state index contributed by atoms with van der Waals surface area (Å²) in [6.45, 7) is 2.26. The average Bonchev–Trinajstić information content (AvgIpc) is 2.53. The van der Waals surface area contributed by atoms with Crippen molar-refractivity contribution in [3.05, 3.63) is 34.9 Å². The van der Waals surface area contributed by atoms with Crippen molar-refractivity contribution in [3.63, 3.8) is 0 Å². The molecular weight excluding hydrogens is 304 g/mol. The number of nitrogens with zero attached hydrogens (tertiary/aromatic N) is 1. The van der Waals surface area contributed by atoms with Crippen LogP contribution in [0.15, 0.2) is 24.3 Å². The van der Waals surface area contributed by atoms with Crippen LogP contribution in [0, 0.1) is 0 Å². The van der Waals surface area contributed by atoms with E-state index < -0.39 is 0 Å². The molecule has 2 rings (SSSR count). The maximum Gasteiger partial charge on any atom is 0.317 e. The van der Waals surface area contributed by atoms with Gasteiger partial charge in [-0.15, -0.1) is 0 Å². The van der Waals surface area contributed by atoms with Gasteiger partial charge in [-0.2, -0.15) is 0 Å². The van der Waals surface area contributed by atoms with Crippen molar-refractivity contribution in [1.29, 1.82) is 0 Å². The van der Waals surface area contributed by atoms with Crippen molar-refractivity contribution in [2.45, 2.75) is 25.4 Å². The van der Waals surface area contributed by atoms with Crippen molar-refractivity contribution < 1.29 is 14.6 Å². The number of piperidine rings is 1. The molecule has 0 aromatic heterocycles. The molecule has 1 unspecified atom stereocenters. The predicted octanol–water partition coefficient (Wildman–Crippen LogP) is 2.07. The first-order valence-corrected chi connectivity index (χ1v) is 8.06. The summed E-state index contributed by atoms with van der Waals surface area (Å²) in [6, 6.07) is 7.60. The molecule has 22 heavy (non-hydrogen) atoms. The van der Waals surface area contributed by atoms with Gasteiger partial charge in [-0.3, -0.25) is 0 Å². The zero-order chi connectivity index (χ0) is 15.8. The second kappa shape index (κ2) is 8.98. The molecule has 1 aromatic carbocycles. The van der Waals surface area contributed by atoms with Crippen molar-refractivity contribution in [3.8, 4) is 0 Å². The van der Waals surface area contributed by atoms with Gasteiger partial charge in [0.2, 0.25) is 0 Å². The topological polar surface area (TPSA) is 61.8 Å². The van der Waals surface area contributed by atoms with E-state index in [0.717, 1.165) is 31.4 Å². The Kier molecular flexibility index (Phi) is 6.96. The second-order valence-corrected chi connectivity index (χ2v) is 5.85. The van der Waals surface area contributed by atoms with Crippen LogP contribution in [0.5, 0.6) is 0 Å². The molecule has 0 saturated carbocycles. The zero-order valence-corrected chi connectivity index (χ0v) is 13.4. The molecular formula is C16H23ClN2O3. The molecule has 122 valence electrons. The fraction of sp³-hybridized carbons (Fsp3) is 0.562. The van der Waals surface area contributed by atoms with Crippen LogP contribution in [-0.4, -0.2) is 55.0 Å². The summed E-state index contributed by atoms with van der Waals surface area (Å²) < 4.78 is 5.51. The first-order chi connectivity index (χ1) is 10.7. The highest BCUT2D eigenvalue weighted by Crippen LogP contribution is 2.13. The zero-order valence-electron chi connectivity index (χ0n) is 12.6. The number of carbonyl (C=O) groups excluding carboxylic acids is 1. The van der Waals surface area contributed by atoms with Crippen molar-refractivity contribution in [2.75, 3.05) is 32.8 Å². The molecule has 1 aromatic rings. The highest BCUT2D eigenvalue weighted by Gasteiger charge is 2.23. The lowest BCUT2D eigenvalue weighted by Gasteiger charge is -2.32. The summed E-state index contributed by atoms with van der Waals surface area (Å²) in [5.41, 5.74) is 1.11. The number of aliphatic hydroxyl groups is 1. The molecule has 1 aliphatic rings. The van der Waals surface area contributed by atoms with Crippen molar-refractivity contribution in [1.82, 2.24) is 10.2 Å². The highest BCUT2D eigenvalue weighted by atomic mass is 35.5. The quantitative estimate of drug-likeness (QED) is 0.841. The Morgan fingerprint density at radius 1 is 1.50 bits per heavy atom. The van der Waals surface area contributed by atoms with E-state index in [2.05, 4.69) is 5.32 Å². The van der Waals surface area contributed by atoms with Gasteiger partial charge in [0, 0.05) is 24.7 Å². The Morgan fingerprint density at radius 3 is 3.14 bits per heavy atom. The third-order valence-corrected chi connectivity index (χ3v) is 3.92. The summed E-state index contributed by atoms with van der Waals surface area (Å²) in [7, 11) is 0. The van der Waals surface area contributed by atoms with E-state index in [-0.39, 0.29) is 18.7 Å². The van der Waals surface area contributed by atoms with Gasteiger partial charge in [0.25, 0.3) is 0 Å². The van der Waals surface area contributed by atoms with Crippen LogP contribution >= 0.6 is 11.6 Å². The first kappa shape index (κ1) is 17.1. The van der Waals surface area contributed by atoms with Crippen LogP contribution < -0.4 is 5.32 Å². The number of urea groups is 1. The van der Waals surface area contributed by atoms with Gasteiger partial charge in [0.15, 0.2) is 0 Å². The van der Waals surface area contributed by atoms with Gasteiger partial charge >= 0.3 is 6.03 Å². The number of aliphatic hydroxyl groups excluding tert-OH is 1. The van der Waals surface area contributed by atoms with Gasteiger partial charge in [0.1, 0.15) is 0 Å². The Hall–Kier alpha value is -1.30. The lowest BCUT2D eigenvalue weighted by atomic mass is 10.1. The molecule has 2 N–H and O–H groups in total. The predicted molar refractivity (Wildman–Crippen MR) is 86.2 cm³/mol. The van der Waals surface area contributed by atoms with E-state index >= 15 is 0 Å². The van der Waals surface area contributed by atoms with E-state index in [1.807, 2.05) is 24.3 Å². The monoisotopic (exact) mass is 326 g/mol. The van der Waals surface area contributed by atoms with E-state index in [1.165, 1.54) is 0 Å². The molecule has 1 atom stereocenters. The lowest BCUT2D eigenvalue weighted by molar-refractivity contribution is -0.00575. The number of carbonyl (C=O) groups is 1. The van der Waals surface area contributed by atoms with E-state index in [9.17, 15) is 4.79 Å². The lowest BCUT2D eigenvalue weighted by Crippen LogP contribution is -2.48. The molecule has 0 radical (unpaired) electrons. The molecule has 1 fully saturated rings. The second-order valence-electron chi connectivity index (χ2n) is 5.42. The number of nitrogens with one attached hydrogen (secondary N) is 1. The molecule has 6 heteroatoms. The molecule has 0 spiro atoms. The van der Waals surface area contributed by atoms with E-state index in [1.54, 1.807) is 4.90 Å². The van der Waals surface area contributed by atoms with E-state index in [4.69, 9.17) is 21.4 Å². The Labute approximate surface area is 136 Å². The molecule has 1 aliphatic heterocycles. The Bertz CT molecular complexity index is 484. The number of halogens is 1. The number of ether oxygens (including phenoxy) is 1. The van der Waals surface area contributed by atoms with Gasteiger partial charge in [-0.05, 0) is 37.0 Å². The van der Waals surface area contributed by atoms with Crippen molar-refractivity contribution in [2.24, 2.45) is 0 Å². The van der Waals surface area contributed by atoms with Crippen molar-refractivity contribution >= 4 is 17.6 Å². The third kappa shape index (κ3) is 5.48. The Morgan fingerprint density at radius 2 is 2.36 bits per heavy atom. The molecule has 2 amide bonds. The van der Waals surface area contributed by atoms with Gasteiger partial charge in [-0.25, -0.2) is 4.79 Å². The largest absolute Gasteiger partial charge is 0.394 e. The number of hydrogen-bond acceptors (Lipinski definition) is 3. The number of amides is 2. The fourth-order valence-electron chi connectivity index (χ4n) is 2.60. The number of rotatable bonds is 6. The number of likely N-dealkylation sites (tertiary alicyclic amines) is 1. The number of benzene rings is 1. The minimum absolute atomic E-state index is 0.0162. The Balaban J connectivity index is 1.72.